The van der Waals surface area contributed by atoms with Gasteiger partial charge in [0, 0.05) is 12.7 Å². The van der Waals surface area contributed by atoms with E-state index >= 15 is 0 Å². The van der Waals surface area contributed by atoms with Crippen LogP contribution in [0.4, 0.5) is 19.0 Å². The summed E-state index contributed by atoms with van der Waals surface area (Å²) < 4.78 is 37.3. The molecular weight excluding hydrogens is 322 g/mol. The first-order chi connectivity index (χ1) is 6.94. The lowest BCUT2D eigenvalue weighted by Crippen LogP contribution is -2.35. The van der Waals surface area contributed by atoms with Gasteiger partial charge in [-0.15, -0.1) is 0 Å². The van der Waals surface area contributed by atoms with E-state index in [1.54, 1.807) is 6.92 Å². The number of rotatable bonds is 3. The zero-order chi connectivity index (χ0) is 11.5. The van der Waals surface area contributed by atoms with E-state index in [4.69, 9.17) is 0 Å². The van der Waals surface area contributed by atoms with Crippen molar-refractivity contribution in [3.8, 4) is 0 Å². The summed E-state index contributed by atoms with van der Waals surface area (Å²) in [7, 11) is 0. The van der Waals surface area contributed by atoms with E-state index in [9.17, 15) is 13.2 Å². The third-order valence-electron chi connectivity index (χ3n) is 1.70. The van der Waals surface area contributed by atoms with Crippen molar-refractivity contribution >= 4 is 28.4 Å². The van der Waals surface area contributed by atoms with Crippen molar-refractivity contribution in [2.75, 3.05) is 18.0 Å². The van der Waals surface area contributed by atoms with E-state index in [1.165, 1.54) is 17.4 Å². The Bertz CT molecular complexity index is 329. The highest BCUT2D eigenvalue weighted by atomic mass is 127. The first kappa shape index (κ1) is 12.5. The second kappa shape index (κ2) is 4.95. The minimum atomic E-state index is -4.22. The van der Waals surface area contributed by atoms with Gasteiger partial charge < -0.3 is 4.90 Å². The summed E-state index contributed by atoms with van der Waals surface area (Å²) in [5.74, 6) is 0.324. The van der Waals surface area contributed by atoms with Gasteiger partial charge in [-0.2, -0.15) is 13.2 Å². The van der Waals surface area contributed by atoms with Crippen molar-refractivity contribution in [2.45, 2.75) is 13.1 Å². The molecule has 1 heterocycles. The van der Waals surface area contributed by atoms with Crippen molar-refractivity contribution in [3.63, 3.8) is 0 Å². The van der Waals surface area contributed by atoms with E-state index in [2.05, 4.69) is 9.97 Å². The Labute approximate surface area is 98.8 Å². The van der Waals surface area contributed by atoms with E-state index in [0.717, 1.165) is 0 Å². The fraction of sp³-hybridized carbons (Fsp3) is 0.500. The maximum atomic E-state index is 12.2. The molecule has 0 radical (unpaired) electrons. The lowest BCUT2D eigenvalue weighted by atomic mass is 10.4. The number of halogens is 4. The molecule has 0 aliphatic rings. The molecule has 0 N–H and O–H groups in total. The van der Waals surface area contributed by atoms with Gasteiger partial charge in [-0.1, -0.05) is 0 Å². The van der Waals surface area contributed by atoms with Crippen LogP contribution in [0.25, 0.3) is 0 Å². The molecule has 0 aliphatic carbocycles. The molecule has 15 heavy (non-hydrogen) atoms. The molecule has 0 fully saturated rings. The van der Waals surface area contributed by atoms with Crippen molar-refractivity contribution in [2.24, 2.45) is 0 Å². The quantitative estimate of drug-likeness (QED) is 0.797. The van der Waals surface area contributed by atoms with E-state index in [1.807, 2.05) is 22.6 Å². The monoisotopic (exact) mass is 331 g/mol. The highest BCUT2D eigenvalue weighted by Gasteiger charge is 2.31. The second-order valence-corrected chi connectivity index (χ2v) is 3.99. The summed E-state index contributed by atoms with van der Waals surface area (Å²) in [5.41, 5.74) is 0. The van der Waals surface area contributed by atoms with Crippen molar-refractivity contribution in [1.82, 2.24) is 9.97 Å². The standard InChI is InChI=1S/C8H9F3IN3/c1-2-15(4-8(9,10)11)7-6(12)3-13-5-14-7/h3,5H,2,4H2,1H3. The fourth-order valence-corrected chi connectivity index (χ4v) is 1.73. The van der Waals surface area contributed by atoms with Crippen LogP contribution >= 0.6 is 22.6 Å². The molecule has 1 aromatic rings. The molecule has 0 saturated heterocycles. The van der Waals surface area contributed by atoms with Gasteiger partial charge in [0.15, 0.2) is 0 Å². The summed E-state index contributed by atoms with van der Waals surface area (Å²) in [6.07, 6.45) is -1.48. The second-order valence-electron chi connectivity index (χ2n) is 2.82. The van der Waals surface area contributed by atoms with Crippen LogP contribution in [0.2, 0.25) is 0 Å². The minimum Gasteiger partial charge on any atom is -0.347 e. The number of alkyl halides is 3. The normalized spacial score (nSPS) is 11.5. The number of anilines is 1. The van der Waals surface area contributed by atoms with Crippen LogP contribution in [0.3, 0.4) is 0 Å². The molecule has 0 aromatic carbocycles. The van der Waals surface area contributed by atoms with Crippen LogP contribution in [0.1, 0.15) is 6.92 Å². The van der Waals surface area contributed by atoms with Gasteiger partial charge in [0.2, 0.25) is 0 Å². The summed E-state index contributed by atoms with van der Waals surface area (Å²) in [6, 6.07) is 0. The molecule has 0 saturated carbocycles. The van der Waals surface area contributed by atoms with E-state index in [-0.39, 0.29) is 6.54 Å². The Kier molecular flexibility index (Phi) is 4.12. The summed E-state index contributed by atoms with van der Waals surface area (Å²) in [6.45, 7) is 0.924. The predicted octanol–water partition coefficient (Wildman–Crippen LogP) is 2.47. The van der Waals surface area contributed by atoms with E-state index < -0.39 is 12.7 Å². The Morgan fingerprint density at radius 2 is 2.13 bits per heavy atom. The highest BCUT2D eigenvalue weighted by Crippen LogP contribution is 2.23. The molecule has 0 spiro atoms. The van der Waals surface area contributed by atoms with Crippen LogP contribution in [0.5, 0.6) is 0 Å². The van der Waals surface area contributed by atoms with Gasteiger partial charge in [0.25, 0.3) is 0 Å². The number of hydrogen-bond donors (Lipinski definition) is 0. The van der Waals surface area contributed by atoms with Crippen LogP contribution in [0.15, 0.2) is 12.5 Å². The summed E-state index contributed by atoms with van der Waals surface area (Å²) in [5, 5.41) is 0. The third-order valence-corrected chi connectivity index (χ3v) is 2.46. The molecule has 1 aromatic heterocycles. The third kappa shape index (κ3) is 3.80. The van der Waals surface area contributed by atoms with Crippen LogP contribution in [-0.2, 0) is 0 Å². The lowest BCUT2D eigenvalue weighted by molar-refractivity contribution is -0.119. The number of aromatic nitrogens is 2. The molecule has 3 nitrogen and oxygen atoms in total. The maximum absolute atomic E-state index is 12.2. The summed E-state index contributed by atoms with van der Waals surface area (Å²) >= 11 is 1.92. The fourth-order valence-electron chi connectivity index (χ4n) is 1.09. The van der Waals surface area contributed by atoms with Crippen molar-refractivity contribution in [1.29, 1.82) is 0 Å². The van der Waals surface area contributed by atoms with Gasteiger partial charge in [0.05, 0.1) is 3.57 Å². The Hall–Kier alpha value is -0.600. The molecule has 0 atom stereocenters. The Morgan fingerprint density at radius 3 is 2.60 bits per heavy atom. The lowest BCUT2D eigenvalue weighted by Gasteiger charge is -2.23. The Balaban J connectivity index is 2.88. The van der Waals surface area contributed by atoms with Crippen LogP contribution in [-0.4, -0.2) is 29.2 Å². The molecule has 0 amide bonds. The highest BCUT2D eigenvalue weighted by molar-refractivity contribution is 14.1. The zero-order valence-corrected chi connectivity index (χ0v) is 10.1. The first-order valence-electron chi connectivity index (χ1n) is 4.21. The molecule has 84 valence electrons. The Morgan fingerprint density at radius 1 is 1.47 bits per heavy atom. The van der Waals surface area contributed by atoms with Crippen LogP contribution in [0, 0.1) is 3.57 Å². The topological polar surface area (TPSA) is 29.0 Å². The van der Waals surface area contributed by atoms with Gasteiger partial charge >= 0.3 is 6.18 Å². The van der Waals surface area contributed by atoms with Gasteiger partial charge in [-0.25, -0.2) is 9.97 Å². The molecular formula is C8H9F3IN3. The van der Waals surface area contributed by atoms with Gasteiger partial charge in [0.1, 0.15) is 18.7 Å². The average Bonchev–Trinajstić information content (AvgIpc) is 2.14. The SMILES string of the molecule is CCN(CC(F)(F)F)c1ncncc1I. The largest absolute Gasteiger partial charge is 0.405 e. The molecule has 0 aliphatic heterocycles. The average molecular weight is 331 g/mol. The number of nitrogens with zero attached hydrogens (tertiary/aromatic N) is 3. The van der Waals surface area contributed by atoms with Gasteiger partial charge in [-0.05, 0) is 29.5 Å². The zero-order valence-electron chi connectivity index (χ0n) is 7.92. The van der Waals surface area contributed by atoms with Gasteiger partial charge in [-0.3, -0.25) is 0 Å². The smallest absolute Gasteiger partial charge is 0.347 e. The molecule has 0 bridgehead atoms. The maximum Gasteiger partial charge on any atom is 0.405 e. The van der Waals surface area contributed by atoms with Crippen LogP contribution < -0.4 is 4.90 Å². The molecule has 7 heteroatoms. The number of hydrogen-bond acceptors (Lipinski definition) is 3. The first-order valence-corrected chi connectivity index (χ1v) is 5.29. The summed E-state index contributed by atoms with van der Waals surface area (Å²) in [4.78, 5) is 8.74. The molecule has 0 unspecified atom stereocenters. The van der Waals surface area contributed by atoms with Crippen molar-refractivity contribution in [3.05, 3.63) is 16.1 Å². The predicted molar refractivity (Wildman–Crippen MR) is 58.7 cm³/mol. The van der Waals surface area contributed by atoms with E-state index in [0.29, 0.717) is 9.39 Å². The van der Waals surface area contributed by atoms with Crippen molar-refractivity contribution < 1.29 is 13.2 Å². The minimum absolute atomic E-state index is 0.256. The molecule has 1 rings (SSSR count).